The number of halogens is 4. The standard InChI is InChI=1S/C12H9F4N3/c13-8-1-2-9(10(3-8)12(14,15)16)11-18-5-7(4-17)6-19-11/h1-3,5-6H,4,17H2. The number of hydrogen-bond acceptors (Lipinski definition) is 3. The maximum atomic E-state index is 13.0. The molecule has 1 aromatic carbocycles. The zero-order chi connectivity index (χ0) is 14.0. The van der Waals surface area contributed by atoms with Gasteiger partial charge in [0.15, 0.2) is 5.82 Å². The fourth-order valence-corrected chi connectivity index (χ4v) is 1.55. The van der Waals surface area contributed by atoms with Crippen LogP contribution in [0.1, 0.15) is 11.1 Å². The average Bonchev–Trinajstić information content (AvgIpc) is 2.38. The predicted octanol–water partition coefficient (Wildman–Crippen LogP) is 2.76. The van der Waals surface area contributed by atoms with E-state index >= 15 is 0 Å². The number of alkyl halides is 3. The molecule has 0 bridgehead atoms. The van der Waals surface area contributed by atoms with E-state index in [4.69, 9.17) is 5.73 Å². The molecule has 0 saturated heterocycles. The highest BCUT2D eigenvalue weighted by Crippen LogP contribution is 2.36. The largest absolute Gasteiger partial charge is 0.417 e. The first-order valence-electron chi connectivity index (χ1n) is 5.30. The van der Waals surface area contributed by atoms with Gasteiger partial charge in [-0.2, -0.15) is 13.2 Å². The summed E-state index contributed by atoms with van der Waals surface area (Å²) in [5.41, 5.74) is 4.57. The minimum Gasteiger partial charge on any atom is -0.326 e. The molecule has 1 aromatic heterocycles. The summed E-state index contributed by atoms with van der Waals surface area (Å²) in [6.07, 6.45) is -2.00. The third-order valence-corrected chi connectivity index (χ3v) is 2.47. The quantitative estimate of drug-likeness (QED) is 0.854. The molecule has 2 rings (SSSR count). The Morgan fingerprint density at radius 1 is 1.11 bits per heavy atom. The Bertz CT molecular complexity index is 579. The molecule has 0 aliphatic rings. The SMILES string of the molecule is NCc1cnc(-c2ccc(F)cc2C(F)(F)F)nc1. The lowest BCUT2D eigenvalue weighted by atomic mass is 10.1. The van der Waals surface area contributed by atoms with Crippen LogP contribution in [0.15, 0.2) is 30.6 Å². The molecule has 1 heterocycles. The van der Waals surface area contributed by atoms with E-state index in [1.54, 1.807) is 0 Å². The van der Waals surface area contributed by atoms with Crippen molar-refractivity contribution in [3.8, 4) is 11.4 Å². The van der Waals surface area contributed by atoms with Crippen LogP contribution >= 0.6 is 0 Å². The van der Waals surface area contributed by atoms with Gasteiger partial charge in [0.05, 0.1) is 5.56 Å². The monoisotopic (exact) mass is 271 g/mol. The van der Waals surface area contributed by atoms with Crippen LogP contribution in [0, 0.1) is 5.82 Å². The minimum absolute atomic E-state index is 0.121. The number of nitrogens with two attached hydrogens (primary N) is 1. The number of rotatable bonds is 2. The molecule has 19 heavy (non-hydrogen) atoms. The van der Waals surface area contributed by atoms with Gasteiger partial charge in [-0.3, -0.25) is 0 Å². The van der Waals surface area contributed by atoms with Crippen LogP contribution < -0.4 is 5.73 Å². The Hall–Kier alpha value is -2.02. The van der Waals surface area contributed by atoms with Crippen molar-refractivity contribution >= 4 is 0 Å². The van der Waals surface area contributed by atoms with Gasteiger partial charge < -0.3 is 5.73 Å². The van der Waals surface area contributed by atoms with Crippen molar-refractivity contribution in [1.82, 2.24) is 9.97 Å². The van der Waals surface area contributed by atoms with Gasteiger partial charge in [-0.25, -0.2) is 14.4 Å². The van der Waals surface area contributed by atoms with Gasteiger partial charge in [0, 0.05) is 30.1 Å². The third-order valence-electron chi connectivity index (χ3n) is 2.47. The fraction of sp³-hybridized carbons (Fsp3) is 0.167. The summed E-state index contributed by atoms with van der Waals surface area (Å²) in [7, 11) is 0. The Kier molecular flexibility index (Phi) is 3.48. The van der Waals surface area contributed by atoms with Crippen LogP contribution in [0.25, 0.3) is 11.4 Å². The topological polar surface area (TPSA) is 51.8 Å². The molecule has 100 valence electrons. The lowest BCUT2D eigenvalue weighted by molar-refractivity contribution is -0.137. The number of benzene rings is 1. The van der Waals surface area contributed by atoms with Gasteiger partial charge in [0.2, 0.25) is 0 Å². The highest BCUT2D eigenvalue weighted by atomic mass is 19.4. The van der Waals surface area contributed by atoms with E-state index in [-0.39, 0.29) is 17.9 Å². The van der Waals surface area contributed by atoms with Crippen molar-refractivity contribution in [1.29, 1.82) is 0 Å². The van der Waals surface area contributed by atoms with Crippen LogP contribution in [-0.2, 0) is 12.7 Å². The van der Waals surface area contributed by atoms with E-state index in [0.29, 0.717) is 11.6 Å². The molecular formula is C12H9F4N3. The molecule has 0 aliphatic carbocycles. The molecule has 3 nitrogen and oxygen atoms in total. The summed E-state index contributed by atoms with van der Waals surface area (Å²) in [6, 6.07) is 2.37. The average molecular weight is 271 g/mol. The van der Waals surface area contributed by atoms with E-state index in [2.05, 4.69) is 9.97 Å². The lowest BCUT2D eigenvalue weighted by Gasteiger charge is -2.12. The van der Waals surface area contributed by atoms with E-state index in [1.165, 1.54) is 12.4 Å². The van der Waals surface area contributed by atoms with Gasteiger partial charge in [-0.15, -0.1) is 0 Å². The molecule has 0 spiro atoms. The van der Waals surface area contributed by atoms with Gasteiger partial charge in [-0.05, 0) is 18.2 Å². The second kappa shape index (κ2) is 4.93. The summed E-state index contributed by atoms with van der Waals surface area (Å²) in [6.45, 7) is 0.190. The molecule has 0 saturated carbocycles. The Morgan fingerprint density at radius 2 is 1.74 bits per heavy atom. The fourth-order valence-electron chi connectivity index (χ4n) is 1.55. The summed E-state index contributed by atoms with van der Waals surface area (Å²) in [5, 5.41) is 0. The summed E-state index contributed by atoms with van der Waals surface area (Å²) in [4.78, 5) is 7.62. The molecular weight excluding hydrogens is 262 g/mol. The van der Waals surface area contributed by atoms with Crippen LogP contribution in [0.4, 0.5) is 17.6 Å². The number of nitrogens with zero attached hydrogens (tertiary/aromatic N) is 2. The van der Waals surface area contributed by atoms with Crippen molar-refractivity contribution < 1.29 is 17.6 Å². The molecule has 0 aliphatic heterocycles. The van der Waals surface area contributed by atoms with Gasteiger partial charge in [0.1, 0.15) is 5.82 Å². The maximum Gasteiger partial charge on any atom is 0.417 e. The van der Waals surface area contributed by atoms with Crippen LogP contribution in [0.5, 0.6) is 0 Å². The molecule has 2 aromatic rings. The van der Waals surface area contributed by atoms with Crippen LogP contribution in [-0.4, -0.2) is 9.97 Å². The van der Waals surface area contributed by atoms with Crippen molar-refractivity contribution in [3.63, 3.8) is 0 Å². The summed E-state index contributed by atoms with van der Waals surface area (Å²) in [5.74, 6) is -1.08. The van der Waals surface area contributed by atoms with Gasteiger partial charge >= 0.3 is 6.18 Å². The first kappa shape index (κ1) is 13.4. The van der Waals surface area contributed by atoms with E-state index in [9.17, 15) is 17.6 Å². The normalized spacial score (nSPS) is 11.6. The zero-order valence-corrected chi connectivity index (χ0v) is 9.58. The second-order valence-electron chi connectivity index (χ2n) is 3.81. The number of aromatic nitrogens is 2. The third kappa shape index (κ3) is 2.87. The molecule has 0 atom stereocenters. The van der Waals surface area contributed by atoms with Gasteiger partial charge in [-0.1, -0.05) is 0 Å². The predicted molar refractivity (Wildman–Crippen MR) is 60.3 cm³/mol. The highest BCUT2D eigenvalue weighted by molar-refractivity contribution is 5.61. The Balaban J connectivity index is 2.54. The lowest BCUT2D eigenvalue weighted by Crippen LogP contribution is -2.09. The summed E-state index contributed by atoms with van der Waals surface area (Å²) < 4.78 is 51.4. The Labute approximate surface area is 106 Å². The Morgan fingerprint density at radius 3 is 2.26 bits per heavy atom. The minimum atomic E-state index is -4.67. The van der Waals surface area contributed by atoms with Crippen molar-refractivity contribution in [2.75, 3.05) is 0 Å². The van der Waals surface area contributed by atoms with E-state index in [1.807, 2.05) is 0 Å². The smallest absolute Gasteiger partial charge is 0.326 e. The molecule has 7 heteroatoms. The molecule has 0 fully saturated rings. The molecule has 0 unspecified atom stereocenters. The molecule has 2 N–H and O–H groups in total. The van der Waals surface area contributed by atoms with Crippen molar-refractivity contribution in [2.45, 2.75) is 12.7 Å². The summed E-state index contributed by atoms with van der Waals surface area (Å²) >= 11 is 0. The van der Waals surface area contributed by atoms with Crippen LogP contribution in [0.2, 0.25) is 0 Å². The molecule has 0 radical (unpaired) electrons. The number of hydrogen-bond donors (Lipinski definition) is 1. The first-order chi connectivity index (χ1) is 8.91. The van der Waals surface area contributed by atoms with Crippen molar-refractivity contribution in [3.05, 3.63) is 47.5 Å². The van der Waals surface area contributed by atoms with Crippen molar-refractivity contribution in [2.24, 2.45) is 5.73 Å². The first-order valence-corrected chi connectivity index (χ1v) is 5.30. The van der Waals surface area contributed by atoms with E-state index in [0.717, 1.165) is 12.1 Å². The van der Waals surface area contributed by atoms with Crippen LogP contribution in [0.3, 0.4) is 0 Å². The zero-order valence-electron chi connectivity index (χ0n) is 9.58. The highest BCUT2D eigenvalue weighted by Gasteiger charge is 2.34. The van der Waals surface area contributed by atoms with Gasteiger partial charge in [0.25, 0.3) is 0 Å². The van der Waals surface area contributed by atoms with E-state index < -0.39 is 17.6 Å². The molecule has 0 amide bonds. The maximum absolute atomic E-state index is 13.0. The second-order valence-corrected chi connectivity index (χ2v) is 3.81.